The quantitative estimate of drug-likeness (QED) is 0.296. The van der Waals surface area contributed by atoms with Crippen LogP contribution in [0.2, 0.25) is 0 Å². The van der Waals surface area contributed by atoms with E-state index in [2.05, 4.69) is 47.6 Å². The minimum atomic E-state index is -0.103. The lowest BCUT2D eigenvalue weighted by Gasteiger charge is -2.55. The van der Waals surface area contributed by atoms with E-state index < -0.39 is 0 Å². The molecule has 0 bridgehead atoms. The molecule has 4 aliphatic rings. The molecule has 0 aliphatic heterocycles. The third-order valence-electron chi connectivity index (χ3n) is 11.0. The van der Waals surface area contributed by atoms with Gasteiger partial charge in [-0.2, -0.15) is 0 Å². The molecule has 2 heteroatoms. The molecule has 0 N–H and O–H groups in total. The predicted octanol–water partition coefficient (Wildman–Crippen LogP) is 8.66. The van der Waals surface area contributed by atoms with Crippen LogP contribution in [-0.4, -0.2) is 12.1 Å². The number of hydrogen-bond donors (Lipinski definition) is 0. The summed E-state index contributed by atoms with van der Waals surface area (Å²) in [5, 5.41) is 0. The van der Waals surface area contributed by atoms with Gasteiger partial charge in [0.1, 0.15) is 6.10 Å². The molecule has 0 spiro atoms. The molecule has 0 saturated heterocycles. The van der Waals surface area contributed by atoms with Gasteiger partial charge in [0, 0.05) is 6.92 Å². The van der Waals surface area contributed by atoms with Crippen molar-refractivity contribution < 1.29 is 9.53 Å². The van der Waals surface area contributed by atoms with Crippen LogP contribution in [0.3, 0.4) is 0 Å². The Kier molecular flexibility index (Phi) is 7.24. The van der Waals surface area contributed by atoms with Gasteiger partial charge in [-0.15, -0.1) is 0 Å². The van der Waals surface area contributed by atoms with E-state index in [0.717, 1.165) is 30.6 Å². The van der Waals surface area contributed by atoms with Crippen LogP contribution in [0.4, 0.5) is 0 Å². The van der Waals surface area contributed by atoms with Crippen LogP contribution in [0, 0.1) is 40.4 Å². The van der Waals surface area contributed by atoms with Crippen molar-refractivity contribution >= 4 is 5.97 Å². The Bertz CT molecular complexity index is 804. The fourth-order valence-corrected chi connectivity index (χ4v) is 9.10. The monoisotopic (exact) mass is 454 g/mol. The van der Waals surface area contributed by atoms with Crippen LogP contribution in [-0.2, 0) is 9.53 Å². The summed E-state index contributed by atoms with van der Waals surface area (Å²) in [5.41, 5.74) is 6.24. The Morgan fingerprint density at radius 2 is 1.85 bits per heavy atom. The summed E-state index contributed by atoms with van der Waals surface area (Å²) in [6.07, 6.45) is 16.7. The second kappa shape index (κ2) is 9.54. The van der Waals surface area contributed by atoms with Gasteiger partial charge in [0.25, 0.3) is 0 Å². The van der Waals surface area contributed by atoms with E-state index in [1.54, 1.807) is 12.5 Å². The molecule has 0 amide bonds. The van der Waals surface area contributed by atoms with Crippen molar-refractivity contribution in [3.05, 3.63) is 22.8 Å². The molecular formula is C31H50O2. The van der Waals surface area contributed by atoms with Gasteiger partial charge in [0.2, 0.25) is 0 Å². The Hall–Kier alpha value is -1.05. The van der Waals surface area contributed by atoms with Crippen LogP contribution in [0.25, 0.3) is 0 Å². The smallest absolute Gasteiger partial charge is 0.302 e. The zero-order valence-electron chi connectivity index (χ0n) is 22.6. The fourth-order valence-electron chi connectivity index (χ4n) is 9.10. The van der Waals surface area contributed by atoms with E-state index in [0.29, 0.717) is 22.7 Å². The Labute approximate surface area is 204 Å². The maximum Gasteiger partial charge on any atom is 0.302 e. The molecule has 4 aliphatic carbocycles. The largest absolute Gasteiger partial charge is 0.463 e. The average Bonchev–Trinajstić information content (AvgIpc) is 3.11. The molecule has 33 heavy (non-hydrogen) atoms. The maximum atomic E-state index is 11.5. The molecule has 4 rings (SSSR count). The number of fused-ring (bicyclic) bond motifs is 4. The lowest BCUT2D eigenvalue weighted by atomic mass is 9.50. The minimum absolute atomic E-state index is 0.103. The molecule has 0 heterocycles. The van der Waals surface area contributed by atoms with Gasteiger partial charge in [-0.25, -0.2) is 0 Å². The van der Waals surface area contributed by atoms with E-state index in [-0.39, 0.29) is 12.1 Å². The highest BCUT2D eigenvalue weighted by molar-refractivity contribution is 5.66. The molecule has 7 atom stereocenters. The number of esters is 1. The van der Waals surface area contributed by atoms with Crippen LogP contribution in [0.5, 0.6) is 0 Å². The number of carbonyl (C=O) groups is 1. The lowest BCUT2D eigenvalue weighted by Crippen LogP contribution is -2.46. The first kappa shape index (κ1) is 25.1. The maximum absolute atomic E-state index is 11.5. The topological polar surface area (TPSA) is 26.3 Å². The number of ether oxygens (including phenoxy) is 1. The second-order valence-corrected chi connectivity index (χ2v) is 12.9. The van der Waals surface area contributed by atoms with Gasteiger partial charge < -0.3 is 4.74 Å². The van der Waals surface area contributed by atoms with Gasteiger partial charge >= 0.3 is 5.97 Å². The molecule has 2 saturated carbocycles. The molecule has 0 aromatic heterocycles. The first-order chi connectivity index (χ1) is 15.6. The SMILES string of the molecule is CC=C(CCC(C)C1CCC2C3=C(CCC21C)C1(C)CCC(OC(C)=O)CC1CC3)C(C)C. The molecule has 0 aromatic rings. The Morgan fingerprint density at radius 1 is 1.09 bits per heavy atom. The molecular weight excluding hydrogens is 404 g/mol. The Balaban J connectivity index is 1.49. The van der Waals surface area contributed by atoms with Crippen molar-refractivity contribution in [3.63, 3.8) is 0 Å². The summed E-state index contributed by atoms with van der Waals surface area (Å²) in [4.78, 5) is 11.5. The van der Waals surface area contributed by atoms with Crippen LogP contribution >= 0.6 is 0 Å². The van der Waals surface area contributed by atoms with Crippen molar-refractivity contribution in [1.82, 2.24) is 0 Å². The number of hydrogen-bond acceptors (Lipinski definition) is 2. The molecule has 0 radical (unpaired) electrons. The first-order valence-electron chi connectivity index (χ1n) is 14.1. The van der Waals surface area contributed by atoms with Crippen LogP contribution in [0.1, 0.15) is 119 Å². The van der Waals surface area contributed by atoms with Crippen molar-refractivity contribution in [2.24, 2.45) is 40.4 Å². The number of allylic oxidation sites excluding steroid dienone is 4. The third kappa shape index (κ3) is 4.50. The number of carbonyl (C=O) groups excluding carboxylic acids is 1. The van der Waals surface area contributed by atoms with Crippen molar-refractivity contribution in [1.29, 1.82) is 0 Å². The molecule has 0 aromatic carbocycles. The van der Waals surface area contributed by atoms with E-state index in [9.17, 15) is 4.79 Å². The molecule has 186 valence electrons. The van der Waals surface area contributed by atoms with Gasteiger partial charge in [-0.1, -0.05) is 57.4 Å². The zero-order chi connectivity index (χ0) is 24.0. The highest BCUT2D eigenvalue weighted by Crippen LogP contribution is 2.66. The van der Waals surface area contributed by atoms with E-state index in [4.69, 9.17) is 4.74 Å². The van der Waals surface area contributed by atoms with E-state index in [1.807, 2.05) is 11.1 Å². The highest BCUT2D eigenvalue weighted by atomic mass is 16.5. The third-order valence-corrected chi connectivity index (χ3v) is 11.0. The van der Waals surface area contributed by atoms with Gasteiger partial charge in [-0.05, 0) is 118 Å². The lowest BCUT2D eigenvalue weighted by molar-refractivity contribution is -0.150. The predicted molar refractivity (Wildman–Crippen MR) is 138 cm³/mol. The van der Waals surface area contributed by atoms with Gasteiger partial charge in [-0.3, -0.25) is 4.79 Å². The summed E-state index contributed by atoms with van der Waals surface area (Å²) in [7, 11) is 0. The van der Waals surface area contributed by atoms with Crippen LogP contribution in [0.15, 0.2) is 22.8 Å². The van der Waals surface area contributed by atoms with Crippen molar-refractivity contribution in [2.75, 3.05) is 0 Å². The summed E-state index contributed by atoms with van der Waals surface area (Å²) >= 11 is 0. The first-order valence-corrected chi connectivity index (χ1v) is 14.1. The van der Waals surface area contributed by atoms with E-state index in [1.165, 1.54) is 57.8 Å². The minimum Gasteiger partial charge on any atom is -0.463 e. The fraction of sp³-hybridized carbons (Fsp3) is 0.839. The van der Waals surface area contributed by atoms with Crippen molar-refractivity contribution in [3.8, 4) is 0 Å². The zero-order valence-corrected chi connectivity index (χ0v) is 22.6. The average molecular weight is 455 g/mol. The second-order valence-electron chi connectivity index (χ2n) is 12.9. The number of rotatable bonds is 6. The van der Waals surface area contributed by atoms with Crippen molar-refractivity contribution in [2.45, 2.75) is 125 Å². The van der Waals surface area contributed by atoms with Gasteiger partial charge in [0.15, 0.2) is 0 Å². The van der Waals surface area contributed by atoms with Crippen LogP contribution < -0.4 is 0 Å². The highest BCUT2D eigenvalue weighted by Gasteiger charge is 2.56. The summed E-state index contributed by atoms with van der Waals surface area (Å²) in [5.74, 6) is 3.81. The Morgan fingerprint density at radius 3 is 2.52 bits per heavy atom. The summed E-state index contributed by atoms with van der Waals surface area (Å²) < 4.78 is 5.65. The molecule has 2 fully saturated rings. The summed E-state index contributed by atoms with van der Waals surface area (Å²) in [6.45, 7) is 16.3. The molecule has 2 nitrogen and oxygen atoms in total. The molecule has 7 unspecified atom stereocenters. The normalized spacial score (nSPS) is 39.7. The van der Waals surface area contributed by atoms with Gasteiger partial charge in [0.05, 0.1) is 0 Å². The summed E-state index contributed by atoms with van der Waals surface area (Å²) in [6, 6.07) is 0. The van der Waals surface area contributed by atoms with E-state index >= 15 is 0 Å². The standard InChI is InChI=1S/C31H50O2/c1-8-23(20(2)3)10-9-21(4)27-13-14-28-26-12-11-24-19-25(33-22(5)32)15-17-30(24,6)29(26)16-18-31(27,28)7/h8,20-21,24-25,27-28H,9-19H2,1-7H3.